The molecule has 11 heteroatoms. The number of phenolic OH excluding ortho intramolecular Hbond substituents is 1. The van der Waals surface area contributed by atoms with E-state index >= 15 is 0 Å². The third-order valence-corrected chi connectivity index (χ3v) is 8.57. The number of hydrogen-bond donors (Lipinski definition) is 2. The Bertz CT molecular complexity index is 1950. The van der Waals surface area contributed by atoms with E-state index in [0.29, 0.717) is 25.1 Å². The van der Waals surface area contributed by atoms with Crippen molar-refractivity contribution in [2.75, 3.05) is 34.5 Å². The largest absolute Gasteiger partial charge is 0.508 e. The van der Waals surface area contributed by atoms with Crippen molar-refractivity contribution in [1.29, 1.82) is 0 Å². The molecule has 5 rings (SSSR count). The molecule has 274 valence electrons. The first-order valence-electron chi connectivity index (χ1n) is 17.1. The minimum Gasteiger partial charge on any atom is -0.508 e. The standard InChI is InChI=1S/C42H42N2O9/c1-49-34-19-14-31(15-20-34)42(30-10-5-4-6-11-30,32-16-21-35(50-2)22-17-32)53-26-7-9-29-13-23-37(36(27-29)41(48)51-3)43-44-38-24-18-33(45)28-39(38)52-25-8-12-40(46)47/h4-6,10-11,13-24,27-28,45H,7-9,12,25-26H2,1-3H3,(H,46,47)/b44-43+. The van der Waals surface area contributed by atoms with Gasteiger partial charge in [-0.25, -0.2) is 4.79 Å². The molecule has 0 amide bonds. The summed E-state index contributed by atoms with van der Waals surface area (Å²) in [6.45, 7) is 0.481. The van der Waals surface area contributed by atoms with Crippen LogP contribution < -0.4 is 14.2 Å². The number of ether oxygens (including phenoxy) is 5. The van der Waals surface area contributed by atoms with E-state index in [-0.39, 0.29) is 42.2 Å². The number of benzene rings is 5. The van der Waals surface area contributed by atoms with Crippen LogP contribution in [0.25, 0.3) is 0 Å². The van der Waals surface area contributed by atoms with Gasteiger partial charge in [0.25, 0.3) is 0 Å². The monoisotopic (exact) mass is 718 g/mol. The predicted molar refractivity (Wildman–Crippen MR) is 199 cm³/mol. The minimum atomic E-state index is -0.950. The number of carboxylic acids is 1. The molecule has 53 heavy (non-hydrogen) atoms. The molecule has 0 saturated carbocycles. The van der Waals surface area contributed by atoms with Crippen LogP contribution in [0.15, 0.2) is 125 Å². The predicted octanol–water partition coefficient (Wildman–Crippen LogP) is 8.80. The molecule has 5 aromatic carbocycles. The molecular formula is C42H42N2O9. The number of carbonyl (C=O) groups is 2. The number of methoxy groups -OCH3 is 3. The summed E-state index contributed by atoms with van der Waals surface area (Å²) < 4.78 is 28.6. The average Bonchev–Trinajstić information content (AvgIpc) is 3.19. The quantitative estimate of drug-likeness (QED) is 0.0393. The van der Waals surface area contributed by atoms with Gasteiger partial charge in [-0.2, -0.15) is 0 Å². The summed E-state index contributed by atoms with van der Waals surface area (Å²) in [6.07, 6.45) is 1.43. The number of carbonyl (C=O) groups excluding carboxylic acids is 1. The Morgan fingerprint density at radius 3 is 1.89 bits per heavy atom. The number of rotatable bonds is 18. The van der Waals surface area contributed by atoms with Crippen molar-refractivity contribution in [2.24, 2.45) is 10.2 Å². The van der Waals surface area contributed by atoms with Crippen LogP contribution in [-0.2, 0) is 26.3 Å². The molecule has 0 aliphatic heterocycles. The van der Waals surface area contributed by atoms with Gasteiger partial charge in [0, 0.05) is 19.1 Å². The Balaban J connectivity index is 1.38. The Morgan fingerprint density at radius 1 is 0.679 bits per heavy atom. The lowest BCUT2D eigenvalue weighted by Crippen LogP contribution is -2.33. The van der Waals surface area contributed by atoms with E-state index in [9.17, 15) is 14.7 Å². The Morgan fingerprint density at radius 2 is 1.28 bits per heavy atom. The maximum absolute atomic E-state index is 12.9. The smallest absolute Gasteiger partial charge is 0.340 e. The van der Waals surface area contributed by atoms with Crippen LogP contribution in [0.3, 0.4) is 0 Å². The van der Waals surface area contributed by atoms with Crippen molar-refractivity contribution in [1.82, 2.24) is 0 Å². The topological polar surface area (TPSA) is 145 Å². The Kier molecular flexibility index (Phi) is 13.2. The van der Waals surface area contributed by atoms with Crippen LogP contribution in [0.5, 0.6) is 23.0 Å². The Hall–Kier alpha value is -6.20. The van der Waals surface area contributed by atoms with E-state index in [0.717, 1.165) is 33.8 Å². The summed E-state index contributed by atoms with van der Waals surface area (Å²) in [7, 11) is 4.57. The number of azo groups is 1. The van der Waals surface area contributed by atoms with Gasteiger partial charge in [0.1, 0.15) is 40.0 Å². The third-order valence-electron chi connectivity index (χ3n) is 8.57. The zero-order chi connectivity index (χ0) is 37.6. The number of hydrogen-bond acceptors (Lipinski definition) is 10. The zero-order valence-corrected chi connectivity index (χ0v) is 29.9. The van der Waals surface area contributed by atoms with Gasteiger partial charge in [-0.15, -0.1) is 10.2 Å². The summed E-state index contributed by atoms with van der Waals surface area (Å²) in [5.41, 5.74) is 3.55. The van der Waals surface area contributed by atoms with E-state index in [1.54, 1.807) is 26.4 Å². The second-order valence-electron chi connectivity index (χ2n) is 12.0. The van der Waals surface area contributed by atoms with Crippen molar-refractivity contribution < 1.29 is 43.5 Å². The van der Waals surface area contributed by atoms with Gasteiger partial charge in [0.05, 0.1) is 33.5 Å². The van der Waals surface area contributed by atoms with Crippen LogP contribution in [0.1, 0.15) is 51.9 Å². The van der Waals surface area contributed by atoms with Gasteiger partial charge in [0.15, 0.2) is 0 Å². The van der Waals surface area contributed by atoms with E-state index in [4.69, 9.17) is 28.8 Å². The fourth-order valence-electron chi connectivity index (χ4n) is 5.89. The molecule has 2 N–H and O–H groups in total. The number of aromatic hydroxyl groups is 1. The minimum absolute atomic E-state index is 0.0465. The lowest BCUT2D eigenvalue weighted by Gasteiger charge is -2.36. The lowest BCUT2D eigenvalue weighted by molar-refractivity contribution is -0.137. The fourth-order valence-corrected chi connectivity index (χ4v) is 5.89. The van der Waals surface area contributed by atoms with E-state index in [1.165, 1.54) is 25.3 Å². The van der Waals surface area contributed by atoms with Crippen molar-refractivity contribution in [3.63, 3.8) is 0 Å². The molecule has 0 atom stereocenters. The zero-order valence-electron chi connectivity index (χ0n) is 29.9. The van der Waals surface area contributed by atoms with Crippen LogP contribution >= 0.6 is 0 Å². The number of aryl methyl sites for hydroxylation is 1. The Labute approximate surface area is 308 Å². The number of aliphatic carboxylic acids is 1. The molecule has 0 radical (unpaired) electrons. The summed E-state index contributed by atoms with van der Waals surface area (Å²) in [4.78, 5) is 23.7. The fraction of sp³-hybridized carbons (Fsp3) is 0.238. The van der Waals surface area contributed by atoms with Gasteiger partial charge < -0.3 is 33.9 Å². The van der Waals surface area contributed by atoms with Gasteiger partial charge in [0.2, 0.25) is 0 Å². The highest BCUT2D eigenvalue weighted by atomic mass is 16.5. The number of phenols is 1. The summed E-state index contributed by atoms with van der Waals surface area (Å²) in [6, 6.07) is 35.4. The molecule has 11 nitrogen and oxygen atoms in total. The molecular weight excluding hydrogens is 676 g/mol. The summed E-state index contributed by atoms with van der Waals surface area (Å²) in [5, 5.41) is 27.5. The van der Waals surface area contributed by atoms with Crippen LogP contribution in [0, 0.1) is 0 Å². The van der Waals surface area contributed by atoms with Gasteiger partial charge in [-0.05, 0) is 90.0 Å². The first-order valence-corrected chi connectivity index (χ1v) is 17.1. The van der Waals surface area contributed by atoms with Gasteiger partial charge >= 0.3 is 11.9 Å². The van der Waals surface area contributed by atoms with E-state index in [1.807, 2.05) is 72.8 Å². The number of esters is 1. The SMILES string of the molecule is COC(=O)c1cc(CCCOC(c2ccccc2)(c2ccc(OC)cc2)c2ccc(OC)cc2)ccc1/N=N/c1ccc(O)cc1OCCCC(=O)O. The highest BCUT2D eigenvalue weighted by molar-refractivity contribution is 5.95. The van der Waals surface area contributed by atoms with E-state index in [2.05, 4.69) is 22.4 Å². The molecule has 5 aromatic rings. The lowest BCUT2D eigenvalue weighted by atomic mass is 9.80. The average molecular weight is 719 g/mol. The van der Waals surface area contributed by atoms with Crippen LogP contribution in [0.4, 0.5) is 11.4 Å². The molecule has 0 aromatic heterocycles. The normalized spacial score (nSPS) is 11.3. The van der Waals surface area contributed by atoms with E-state index < -0.39 is 17.5 Å². The maximum Gasteiger partial charge on any atom is 0.340 e. The molecule has 0 aliphatic carbocycles. The molecule has 0 unspecified atom stereocenters. The first-order chi connectivity index (χ1) is 25.8. The van der Waals surface area contributed by atoms with Crippen molar-refractivity contribution in [3.8, 4) is 23.0 Å². The van der Waals surface area contributed by atoms with Gasteiger partial charge in [-0.1, -0.05) is 60.7 Å². The molecule has 0 heterocycles. The highest BCUT2D eigenvalue weighted by Crippen LogP contribution is 2.42. The maximum atomic E-state index is 12.9. The molecule has 0 bridgehead atoms. The van der Waals surface area contributed by atoms with Crippen LogP contribution in [0.2, 0.25) is 0 Å². The number of carboxylic acid groups (broad SMARTS) is 1. The van der Waals surface area contributed by atoms with Gasteiger partial charge in [-0.3, -0.25) is 4.79 Å². The first kappa shape index (κ1) is 38.0. The highest BCUT2D eigenvalue weighted by Gasteiger charge is 2.37. The van der Waals surface area contributed by atoms with Crippen molar-refractivity contribution in [3.05, 3.63) is 143 Å². The molecule has 0 aliphatic rings. The second kappa shape index (κ2) is 18.3. The number of nitrogens with zero attached hydrogens (tertiary/aromatic N) is 2. The molecule has 0 fully saturated rings. The summed E-state index contributed by atoms with van der Waals surface area (Å²) in [5.74, 6) is 0.147. The van der Waals surface area contributed by atoms with Crippen molar-refractivity contribution >= 4 is 23.3 Å². The summed E-state index contributed by atoms with van der Waals surface area (Å²) >= 11 is 0. The molecule has 0 spiro atoms. The van der Waals surface area contributed by atoms with Crippen LogP contribution in [-0.4, -0.2) is 56.7 Å². The van der Waals surface area contributed by atoms with Crippen molar-refractivity contribution in [2.45, 2.75) is 31.3 Å². The second-order valence-corrected chi connectivity index (χ2v) is 12.0. The third kappa shape index (κ3) is 9.57. The molecule has 0 saturated heterocycles.